The molecular weight excluding hydrogens is 360 g/mol. The molecule has 0 radical (unpaired) electrons. The Kier molecular flexibility index (Phi) is 4.73. The van der Waals surface area contributed by atoms with E-state index in [0.29, 0.717) is 5.69 Å². The summed E-state index contributed by atoms with van der Waals surface area (Å²) in [5.74, 6) is 1.72. The molecule has 3 rings (SSSR count). The molecule has 0 saturated carbocycles. The summed E-state index contributed by atoms with van der Waals surface area (Å²) in [5.41, 5.74) is 4.79. The molecule has 0 unspecified atom stereocenters. The van der Waals surface area contributed by atoms with Crippen molar-refractivity contribution in [2.75, 3.05) is 4.90 Å². The minimum absolute atomic E-state index is 0.104. The Morgan fingerprint density at radius 3 is 2.30 bits per heavy atom. The third-order valence-corrected chi connectivity index (χ3v) is 5.58. The Morgan fingerprint density at radius 1 is 1.07 bits per heavy atom. The first-order chi connectivity index (χ1) is 12.5. The highest BCUT2D eigenvalue weighted by Crippen LogP contribution is 2.42. The number of amides is 1. The van der Waals surface area contributed by atoms with E-state index in [0.717, 1.165) is 11.1 Å². The van der Waals surface area contributed by atoms with Crippen molar-refractivity contribution in [2.24, 2.45) is 0 Å². The van der Waals surface area contributed by atoms with Crippen LogP contribution in [0.1, 0.15) is 30.5 Å². The quantitative estimate of drug-likeness (QED) is 0.527. The van der Waals surface area contributed by atoms with Crippen LogP contribution >= 0.6 is 0 Å². The largest absolute Gasteiger partial charge is 0.307 e. The fourth-order valence-electron chi connectivity index (χ4n) is 3.18. The lowest BCUT2D eigenvalue weighted by molar-refractivity contribution is -0.122. The SMILES string of the molecule is CC1(C)C(=O)N(Cc2c(F)cccc2F)c2cc(C#C[Si](C)(C)C)ccc21. The minimum Gasteiger partial charge on any atom is -0.307 e. The number of nitrogens with zero attached hydrogens (tertiary/aromatic N) is 1. The number of carbonyl (C=O) groups excluding carboxylic acids is 1. The average molecular weight is 384 g/mol. The third kappa shape index (κ3) is 3.67. The van der Waals surface area contributed by atoms with E-state index in [-0.39, 0.29) is 18.0 Å². The van der Waals surface area contributed by atoms with Gasteiger partial charge in [0.15, 0.2) is 0 Å². The number of anilines is 1. The number of hydrogen-bond acceptors (Lipinski definition) is 1. The summed E-state index contributed by atoms with van der Waals surface area (Å²) in [7, 11) is -1.54. The summed E-state index contributed by atoms with van der Waals surface area (Å²) < 4.78 is 28.3. The molecule has 1 amide bonds. The molecule has 2 nitrogen and oxygen atoms in total. The monoisotopic (exact) mass is 383 g/mol. The summed E-state index contributed by atoms with van der Waals surface area (Å²) in [6, 6.07) is 9.41. The maximum absolute atomic E-state index is 14.1. The zero-order chi connectivity index (χ0) is 20.0. The molecule has 0 aliphatic carbocycles. The normalized spacial score (nSPS) is 15.4. The number of rotatable bonds is 2. The maximum atomic E-state index is 14.1. The molecule has 0 spiro atoms. The molecule has 0 fully saturated rings. The molecule has 2 aromatic carbocycles. The van der Waals surface area contributed by atoms with Crippen LogP contribution in [0.5, 0.6) is 0 Å². The Hall–Kier alpha value is -2.45. The van der Waals surface area contributed by atoms with Crippen LogP contribution in [0.3, 0.4) is 0 Å². The van der Waals surface area contributed by atoms with Crippen LogP contribution in [0, 0.1) is 23.1 Å². The molecule has 5 heteroatoms. The van der Waals surface area contributed by atoms with Gasteiger partial charge in [-0.15, -0.1) is 5.54 Å². The van der Waals surface area contributed by atoms with E-state index in [2.05, 4.69) is 31.1 Å². The van der Waals surface area contributed by atoms with Crippen molar-refractivity contribution < 1.29 is 13.6 Å². The second-order valence-corrected chi connectivity index (χ2v) is 13.2. The van der Waals surface area contributed by atoms with Crippen LogP contribution in [0.25, 0.3) is 0 Å². The van der Waals surface area contributed by atoms with E-state index >= 15 is 0 Å². The van der Waals surface area contributed by atoms with Crippen LogP contribution in [-0.4, -0.2) is 14.0 Å². The van der Waals surface area contributed by atoms with Gasteiger partial charge in [0.2, 0.25) is 5.91 Å². The van der Waals surface area contributed by atoms with Gasteiger partial charge in [-0.2, -0.15) is 0 Å². The predicted octanol–water partition coefficient (Wildman–Crippen LogP) is 5.02. The molecule has 1 aliphatic rings. The van der Waals surface area contributed by atoms with Gasteiger partial charge in [0.1, 0.15) is 19.7 Å². The van der Waals surface area contributed by atoms with Crippen LogP contribution in [0.2, 0.25) is 19.6 Å². The van der Waals surface area contributed by atoms with Crippen molar-refractivity contribution in [1.82, 2.24) is 0 Å². The van der Waals surface area contributed by atoms with Gasteiger partial charge in [0.25, 0.3) is 0 Å². The minimum atomic E-state index is -1.54. The summed E-state index contributed by atoms with van der Waals surface area (Å²) in [4.78, 5) is 14.5. The zero-order valence-electron chi connectivity index (χ0n) is 16.3. The van der Waals surface area contributed by atoms with E-state index in [4.69, 9.17) is 0 Å². The highest BCUT2D eigenvalue weighted by atomic mass is 28.3. The van der Waals surface area contributed by atoms with Crippen LogP contribution < -0.4 is 4.90 Å². The van der Waals surface area contributed by atoms with Crippen molar-refractivity contribution in [2.45, 2.75) is 45.4 Å². The third-order valence-electron chi connectivity index (χ3n) is 4.70. The first-order valence-electron chi connectivity index (χ1n) is 8.93. The second-order valence-electron chi connectivity index (χ2n) is 8.45. The first kappa shape index (κ1) is 19.3. The van der Waals surface area contributed by atoms with Crippen LogP contribution in [0.4, 0.5) is 14.5 Å². The van der Waals surface area contributed by atoms with Gasteiger partial charge in [-0.25, -0.2) is 8.78 Å². The summed E-state index contributed by atoms with van der Waals surface area (Å²) in [5, 5.41) is 0. The predicted molar refractivity (Wildman–Crippen MR) is 107 cm³/mol. The van der Waals surface area contributed by atoms with Crippen LogP contribution in [-0.2, 0) is 16.8 Å². The smallest absolute Gasteiger partial charge is 0.237 e. The van der Waals surface area contributed by atoms with E-state index < -0.39 is 25.1 Å². The molecule has 140 valence electrons. The Bertz CT molecular complexity index is 960. The molecule has 1 heterocycles. The highest BCUT2D eigenvalue weighted by molar-refractivity contribution is 6.83. The Morgan fingerprint density at radius 2 is 1.70 bits per heavy atom. The summed E-state index contributed by atoms with van der Waals surface area (Å²) >= 11 is 0. The van der Waals surface area contributed by atoms with E-state index in [1.54, 1.807) is 0 Å². The standard InChI is InChI=1S/C22H23F2NOSi/c1-22(2)17-10-9-15(11-12-27(3,4)5)13-20(17)25(21(22)26)14-16-18(23)7-6-8-19(16)24/h6-10,13H,14H2,1-5H3. The summed E-state index contributed by atoms with van der Waals surface area (Å²) in [6.45, 7) is 10.0. The van der Waals surface area contributed by atoms with Gasteiger partial charge in [-0.3, -0.25) is 4.79 Å². The second kappa shape index (κ2) is 6.61. The number of fused-ring (bicyclic) bond motifs is 1. The lowest BCUT2D eigenvalue weighted by Crippen LogP contribution is -2.36. The number of benzene rings is 2. The van der Waals surface area contributed by atoms with E-state index in [1.165, 1.54) is 23.1 Å². The van der Waals surface area contributed by atoms with Gasteiger partial charge in [0.05, 0.1) is 12.0 Å². The lowest BCUT2D eigenvalue weighted by Gasteiger charge is -2.21. The van der Waals surface area contributed by atoms with Gasteiger partial charge < -0.3 is 4.90 Å². The number of carbonyl (C=O) groups is 1. The molecule has 0 saturated heterocycles. The van der Waals surface area contributed by atoms with Crippen molar-refractivity contribution in [1.29, 1.82) is 0 Å². The molecule has 0 atom stereocenters. The van der Waals surface area contributed by atoms with E-state index in [1.807, 2.05) is 32.0 Å². The average Bonchev–Trinajstić information content (AvgIpc) is 2.76. The van der Waals surface area contributed by atoms with Crippen molar-refractivity contribution in [3.05, 3.63) is 64.7 Å². The van der Waals surface area contributed by atoms with Crippen LogP contribution in [0.15, 0.2) is 36.4 Å². The van der Waals surface area contributed by atoms with Crippen molar-refractivity contribution in [3.8, 4) is 11.5 Å². The first-order valence-corrected chi connectivity index (χ1v) is 12.4. The Balaban J connectivity index is 2.07. The fraction of sp³-hybridized carbons (Fsp3) is 0.318. The highest BCUT2D eigenvalue weighted by Gasteiger charge is 2.44. The molecule has 2 aromatic rings. The molecule has 1 aliphatic heterocycles. The Labute approximate surface area is 160 Å². The van der Waals surface area contributed by atoms with Crippen molar-refractivity contribution >= 4 is 19.7 Å². The van der Waals surface area contributed by atoms with Gasteiger partial charge >= 0.3 is 0 Å². The topological polar surface area (TPSA) is 20.3 Å². The molecule has 0 N–H and O–H groups in total. The van der Waals surface area contributed by atoms with Gasteiger partial charge in [-0.1, -0.05) is 37.7 Å². The fourth-order valence-corrected chi connectivity index (χ4v) is 3.70. The molecule has 0 aromatic heterocycles. The van der Waals surface area contributed by atoms with Gasteiger partial charge in [-0.05, 0) is 43.7 Å². The number of hydrogen-bond donors (Lipinski definition) is 0. The summed E-state index contributed by atoms with van der Waals surface area (Å²) in [6.07, 6.45) is 0. The van der Waals surface area contributed by atoms with Crippen molar-refractivity contribution in [3.63, 3.8) is 0 Å². The van der Waals surface area contributed by atoms with E-state index in [9.17, 15) is 13.6 Å². The molecular formula is C22H23F2NOSi. The number of halogens is 2. The van der Waals surface area contributed by atoms with Gasteiger partial charge in [0, 0.05) is 16.8 Å². The zero-order valence-corrected chi connectivity index (χ0v) is 17.3. The molecule has 27 heavy (non-hydrogen) atoms. The molecule has 0 bridgehead atoms. The maximum Gasteiger partial charge on any atom is 0.237 e. The lowest BCUT2D eigenvalue weighted by atomic mass is 9.86.